The molecule has 1 saturated heterocycles. The number of aromatic nitrogens is 5. The van der Waals surface area contributed by atoms with Crippen LogP contribution in [0.3, 0.4) is 0 Å². The minimum atomic E-state index is -0.646. The smallest absolute Gasteiger partial charge is 0.365 e. The lowest BCUT2D eigenvalue weighted by molar-refractivity contribution is 0.120. The fraction of sp³-hybridized carbons (Fsp3) is 0.654. The maximum absolute atomic E-state index is 11.7. The molecule has 12 heteroatoms. The minimum absolute atomic E-state index is 0.257. The number of fused-ring (bicyclic) bond motifs is 1. The van der Waals surface area contributed by atoms with E-state index in [1.54, 1.807) is 6.26 Å². The Labute approximate surface area is 221 Å². The second-order valence-electron chi connectivity index (χ2n) is 11.3. The van der Waals surface area contributed by atoms with Crippen molar-refractivity contribution in [3.8, 4) is 0 Å². The number of rotatable bonds is 9. The van der Waals surface area contributed by atoms with Gasteiger partial charge in [-0.2, -0.15) is 4.98 Å². The van der Waals surface area contributed by atoms with Crippen LogP contribution >= 0.6 is 0 Å². The van der Waals surface area contributed by atoms with Gasteiger partial charge in [0.25, 0.3) is 0 Å². The quantitative estimate of drug-likeness (QED) is 0.376. The van der Waals surface area contributed by atoms with Crippen molar-refractivity contribution in [1.29, 1.82) is 0 Å². The maximum Gasteiger partial charge on any atom is 0.427 e. The molecule has 204 valence electrons. The van der Waals surface area contributed by atoms with Gasteiger partial charge in [0.2, 0.25) is 5.95 Å². The van der Waals surface area contributed by atoms with Crippen molar-refractivity contribution < 1.29 is 14.2 Å². The van der Waals surface area contributed by atoms with Crippen molar-refractivity contribution in [1.82, 2.24) is 35.5 Å². The number of hydrogen-bond acceptors (Lipinski definition) is 10. The number of hydrogen-bond donors (Lipinski definition) is 3. The third kappa shape index (κ3) is 5.01. The molecular weight excluding hydrogens is 486 g/mol. The molecule has 6 rings (SSSR count). The van der Waals surface area contributed by atoms with Gasteiger partial charge in [-0.1, -0.05) is 31.3 Å². The predicted molar refractivity (Wildman–Crippen MR) is 141 cm³/mol. The van der Waals surface area contributed by atoms with Gasteiger partial charge in [-0.25, -0.2) is 14.8 Å². The van der Waals surface area contributed by atoms with E-state index < -0.39 is 12.3 Å². The summed E-state index contributed by atoms with van der Waals surface area (Å²) in [5.74, 6) is 3.92. The van der Waals surface area contributed by atoms with Crippen LogP contribution in [0.2, 0.25) is 0 Å². The summed E-state index contributed by atoms with van der Waals surface area (Å²) in [6.45, 7) is 5.96. The summed E-state index contributed by atoms with van der Waals surface area (Å²) in [6, 6.07) is 2.12. The average molecular weight is 524 g/mol. The molecule has 0 aromatic carbocycles. The van der Waals surface area contributed by atoms with Crippen molar-refractivity contribution in [3.05, 3.63) is 23.8 Å². The fourth-order valence-corrected chi connectivity index (χ4v) is 5.82. The highest BCUT2D eigenvalue weighted by Gasteiger charge is 2.32. The maximum atomic E-state index is 11.7. The van der Waals surface area contributed by atoms with Crippen molar-refractivity contribution in [2.45, 2.75) is 84.1 Å². The van der Waals surface area contributed by atoms with Crippen LogP contribution in [0.15, 0.2) is 16.9 Å². The number of anilines is 2. The van der Waals surface area contributed by atoms with Crippen molar-refractivity contribution in [2.24, 2.45) is 17.8 Å². The summed E-state index contributed by atoms with van der Waals surface area (Å²) in [7, 11) is 2.01. The van der Waals surface area contributed by atoms with Gasteiger partial charge in [-0.3, -0.25) is 5.32 Å². The molecule has 3 aliphatic rings. The van der Waals surface area contributed by atoms with Crippen molar-refractivity contribution in [2.75, 3.05) is 17.3 Å². The zero-order valence-corrected chi connectivity index (χ0v) is 22.3. The molecule has 1 unspecified atom stereocenters. The lowest BCUT2D eigenvalue weighted by atomic mass is 9.80. The van der Waals surface area contributed by atoms with Crippen molar-refractivity contribution in [3.63, 3.8) is 0 Å². The number of nitrogens with zero attached hydrogens (tertiary/aromatic N) is 6. The molecule has 4 heterocycles. The first-order valence-electron chi connectivity index (χ1n) is 13.8. The van der Waals surface area contributed by atoms with E-state index in [1.807, 2.05) is 13.1 Å². The monoisotopic (exact) mass is 523 g/mol. The second kappa shape index (κ2) is 10.4. The van der Waals surface area contributed by atoms with Crippen LogP contribution in [0.5, 0.6) is 0 Å². The molecule has 2 atom stereocenters. The first-order valence-corrected chi connectivity index (χ1v) is 13.8. The van der Waals surface area contributed by atoms with Gasteiger partial charge in [0.05, 0.1) is 6.54 Å². The molecule has 2 aliphatic carbocycles. The van der Waals surface area contributed by atoms with Crippen LogP contribution in [0, 0.1) is 17.8 Å². The SMILES string of the molecule is CC1CCC(Cn2c(N(C)Cc3ccon3)nc3nc(C4NOC(=O)N4)nc(N[C@H](C)C4CCC4)c32)CC1. The second-order valence-corrected chi connectivity index (χ2v) is 11.3. The number of nitrogens with one attached hydrogen (secondary N) is 3. The molecule has 0 spiro atoms. The Balaban J connectivity index is 1.43. The lowest BCUT2D eigenvalue weighted by Gasteiger charge is -2.32. The van der Waals surface area contributed by atoms with Gasteiger partial charge in [0, 0.05) is 25.7 Å². The third-order valence-corrected chi connectivity index (χ3v) is 8.42. The first kappa shape index (κ1) is 24.9. The molecule has 0 bridgehead atoms. The molecule has 12 nitrogen and oxygen atoms in total. The lowest BCUT2D eigenvalue weighted by Crippen LogP contribution is -2.32. The van der Waals surface area contributed by atoms with E-state index in [9.17, 15) is 4.79 Å². The largest absolute Gasteiger partial charge is 0.427 e. The Morgan fingerprint density at radius 3 is 2.66 bits per heavy atom. The summed E-state index contributed by atoms with van der Waals surface area (Å²) in [6.07, 6.45) is 8.98. The van der Waals surface area contributed by atoms with Crippen LogP contribution in [0.25, 0.3) is 11.2 Å². The molecule has 3 N–H and O–H groups in total. The number of imidazole rings is 1. The molecule has 0 radical (unpaired) electrons. The average Bonchev–Trinajstić information content (AvgIpc) is 3.60. The zero-order chi connectivity index (χ0) is 26.2. The molecular formula is C26H37N9O3. The van der Waals surface area contributed by atoms with E-state index in [2.05, 4.69) is 44.6 Å². The van der Waals surface area contributed by atoms with Gasteiger partial charge in [-0.15, -0.1) is 5.48 Å². The van der Waals surface area contributed by atoms with E-state index in [0.29, 0.717) is 29.9 Å². The summed E-state index contributed by atoms with van der Waals surface area (Å²) in [5, 5.41) is 10.5. The Morgan fingerprint density at radius 2 is 2.00 bits per heavy atom. The van der Waals surface area contributed by atoms with E-state index in [-0.39, 0.29) is 6.04 Å². The highest BCUT2D eigenvalue weighted by atomic mass is 16.7. The van der Waals surface area contributed by atoms with Gasteiger partial charge in [0.15, 0.2) is 23.5 Å². The highest BCUT2D eigenvalue weighted by Crippen LogP contribution is 2.36. The summed E-state index contributed by atoms with van der Waals surface area (Å²) in [5.41, 5.74) is 4.99. The Hall–Kier alpha value is -3.41. The molecule has 3 aromatic heterocycles. The Bertz CT molecular complexity index is 1260. The predicted octanol–water partition coefficient (Wildman–Crippen LogP) is 4.12. The van der Waals surface area contributed by atoms with Crippen LogP contribution in [-0.2, 0) is 17.9 Å². The van der Waals surface area contributed by atoms with E-state index in [0.717, 1.165) is 35.4 Å². The van der Waals surface area contributed by atoms with Crippen LogP contribution in [-0.4, -0.2) is 43.9 Å². The normalized spacial score (nSPS) is 24.6. The summed E-state index contributed by atoms with van der Waals surface area (Å²) in [4.78, 5) is 33.5. The zero-order valence-electron chi connectivity index (χ0n) is 22.3. The number of carbonyl (C=O) groups is 1. The summed E-state index contributed by atoms with van der Waals surface area (Å²) < 4.78 is 7.35. The minimum Gasteiger partial charge on any atom is -0.365 e. The van der Waals surface area contributed by atoms with Gasteiger partial charge >= 0.3 is 6.09 Å². The molecule has 38 heavy (non-hydrogen) atoms. The Kier molecular flexibility index (Phi) is 6.81. The Morgan fingerprint density at radius 1 is 1.18 bits per heavy atom. The van der Waals surface area contributed by atoms with Gasteiger partial charge < -0.3 is 24.1 Å². The van der Waals surface area contributed by atoms with Crippen LogP contribution in [0.1, 0.15) is 76.5 Å². The van der Waals surface area contributed by atoms with Crippen LogP contribution < -0.4 is 21.0 Å². The fourth-order valence-electron chi connectivity index (χ4n) is 5.82. The van der Waals surface area contributed by atoms with E-state index >= 15 is 0 Å². The molecule has 3 fully saturated rings. The van der Waals surface area contributed by atoms with E-state index in [4.69, 9.17) is 24.3 Å². The molecule has 2 saturated carbocycles. The molecule has 1 aliphatic heterocycles. The molecule has 3 aromatic rings. The number of hydroxylamine groups is 1. The van der Waals surface area contributed by atoms with Gasteiger partial charge in [-0.05, 0) is 50.4 Å². The number of carbonyl (C=O) groups excluding carboxylic acids is 1. The topological polar surface area (TPSA) is 135 Å². The highest BCUT2D eigenvalue weighted by molar-refractivity contribution is 5.86. The standard InChI is InChI=1S/C26H37N9O3/c1-15-7-9-17(10-8-15)13-35-20-21(27-16(2)18-5-4-6-18)28-23(24-31-26(36)38-33-24)29-22(20)30-25(35)34(3)14-19-11-12-37-32-19/h11-12,15-18,24,33H,4-10,13-14H2,1-3H3,(H,31,36)(H,27,28,29)/t15?,16-,17?,24?/m1/s1. The summed E-state index contributed by atoms with van der Waals surface area (Å²) >= 11 is 0. The van der Waals surface area contributed by atoms with Crippen LogP contribution in [0.4, 0.5) is 16.6 Å². The van der Waals surface area contributed by atoms with Crippen molar-refractivity contribution >= 4 is 29.0 Å². The van der Waals surface area contributed by atoms with Gasteiger partial charge in [0.1, 0.15) is 17.5 Å². The number of amides is 1. The van der Waals surface area contributed by atoms with E-state index in [1.165, 1.54) is 44.9 Å². The first-order chi connectivity index (χ1) is 18.4. The third-order valence-electron chi connectivity index (χ3n) is 8.42. The molecule has 1 amide bonds.